The van der Waals surface area contributed by atoms with E-state index in [1.54, 1.807) is 31.2 Å². The Morgan fingerprint density at radius 1 is 1.19 bits per heavy atom. The first kappa shape index (κ1) is 15.6. The molecule has 0 amide bonds. The van der Waals surface area contributed by atoms with Crippen LogP contribution in [0.25, 0.3) is 0 Å². The Morgan fingerprint density at radius 2 is 1.81 bits per heavy atom. The summed E-state index contributed by atoms with van der Waals surface area (Å²) in [4.78, 5) is 10.5. The number of ether oxygens (including phenoxy) is 1. The van der Waals surface area contributed by atoms with E-state index in [9.17, 15) is 15.2 Å². The smallest absolute Gasteiger partial charge is 0.313 e. The summed E-state index contributed by atoms with van der Waals surface area (Å²) in [6.07, 6.45) is -0.775. The number of aliphatic hydroxyl groups is 1. The van der Waals surface area contributed by atoms with E-state index in [1.165, 1.54) is 6.07 Å². The Morgan fingerprint density at radius 3 is 2.43 bits per heavy atom. The van der Waals surface area contributed by atoms with Crippen LogP contribution in [-0.2, 0) is 0 Å². The zero-order chi connectivity index (χ0) is 15.6. The van der Waals surface area contributed by atoms with Gasteiger partial charge in [-0.1, -0.05) is 41.4 Å². The molecule has 0 aromatic heterocycles. The van der Waals surface area contributed by atoms with Crippen molar-refractivity contribution in [3.8, 4) is 11.5 Å². The molecule has 2 aromatic rings. The maximum atomic E-state index is 11.1. The minimum Gasteiger partial charge on any atom is -0.450 e. The number of aliphatic hydroxyl groups excluding tert-OH is 1. The third-order valence-corrected chi connectivity index (χ3v) is 3.51. The van der Waals surface area contributed by atoms with Gasteiger partial charge in [0.25, 0.3) is 0 Å². The zero-order valence-corrected chi connectivity index (χ0v) is 12.4. The highest BCUT2D eigenvalue weighted by molar-refractivity contribution is 6.42. The minimum absolute atomic E-state index is 0.0394. The van der Waals surface area contributed by atoms with Crippen LogP contribution in [0.4, 0.5) is 5.69 Å². The van der Waals surface area contributed by atoms with E-state index < -0.39 is 11.0 Å². The number of nitro benzene ring substituents is 1. The van der Waals surface area contributed by atoms with Gasteiger partial charge >= 0.3 is 5.69 Å². The van der Waals surface area contributed by atoms with Crippen LogP contribution in [0.15, 0.2) is 36.4 Å². The third kappa shape index (κ3) is 3.44. The van der Waals surface area contributed by atoms with E-state index in [4.69, 9.17) is 27.9 Å². The van der Waals surface area contributed by atoms with Crippen molar-refractivity contribution in [2.24, 2.45) is 0 Å². The Labute approximate surface area is 130 Å². The van der Waals surface area contributed by atoms with Crippen LogP contribution < -0.4 is 4.74 Å². The monoisotopic (exact) mass is 327 g/mol. The highest BCUT2D eigenvalue weighted by atomic mass is 35.5. The van der Waals surface area contributed by atoms with Gasteiger partial charge in [-0.2, -0.15) is 0 Å². The van der Waals surface area contributed by atoms with Crippen molar-refractivity contribution in [2.45, 2.75) is 13.0 Å². The first-order valence-corrected chi connectivity index (χ1v) is 6.74. The summed E-state index contributed by atoms with van der Waals surface area (Å²) < 4.78 is 5.55. The molecule has 110 valence electrons. The van der Waals surface area contributed by atoms with Gasteiger partial charge in [0.2, 0.25) is 5.75 Å². The van der Waals surface area contributed by atoms with Crippen molar-refractivity contribution in [3.63, 3.8) is 0 Å². The van der Waals surface area contributed by atoms with Gasteiger partial charge in [0.05, 0.1) is 21.1 Å². The molecule has 0 saturated heterocycles. The quantitative estimate of drug-likeness (QED) is 0.649. The normalized spacial score (nSPS) is 12.0. The maximum absolute atomic E-state index is 11.1. The van der Waals surface area contributed by atoms with Gasteiger partial charge in [-0.25, -0.2) is 0 Å². The lowest BCUT2D eigenvalue weighted by Gasteiger charge is -2.13. The molecular weight excluding hydrogens is 317 g/mol. The Bertz CT molecular complexity index is 689. The minimum atomic E-state index is -0.775. The van der Waals surface area contributed by atoms with Gasteiger partial charge in [0.1, 0.15) is 5.75 Å². The van der Waals surface area contributed by atoms with Gasteiger partial charge in [-0.15, -0.1) is 0 Å². The largest absolute Gasteiger partial charge is 0.450 e. The van der Waals surface area contributed by atoms with Gasteiger partial charge in [-0.3, -0.25) is 10.1 Å². The van der Waals surface area contributed by atoms with Crippen LogP contribution in [0, 0.1) is 10.1 Å². The average molecular weight is 328 g/mol. The second kappa shape index (κ2) is 6.30. The molecule has 2 aromatic carbocycles. The fourth-order valence-corrected chi connectivity index (χ4v) is 2.09. The first-order chi connectivity index (χ1) is 9.90. The van der Waals surface area contributed by atoms with Crippen molar-refractivity contribution in [1.29, 1.82) is 0 Å². The molecule has 7 heteroatoms. The van der Waals surface area contributed by atoms with E-state index in [1.807, 2.05) is 0 Å². The van der Waals surface area contributed by atoms with E-state index >= 15 is 0 Å². The van der Waals surface area contributed by atoms with E-state index in [-0.39, 0.29) is 21.5 Å². The SMILES string of the molecule is CC(O)c1ccccc1Oc1cc(Cl)c(Cl)cc1[N+](=O)[O-]. The lowest BCUT2D eigenvalue weighted by atomic mass is 10.1. The molecule has 0 radical (unpaired) electrons. The number of para-hydroxylation sites is 1. The topological polar surface area (TPSA) is 72.6 Å². The summed E-state index contributed by atoms with van der Waals surface area (Å²) in [7, 11) is 0. The number of hydrogen-bond acceptors (Lipinski definition) is 4. The summed E-state index contributed by atoms with van der Waals surface area (Å²) in [6.45, 7) is 1.57. The van der Waals surface area contributed by atoms with Crippen LogP contribution >= 0.6 is 23.2 Å². The second-order valence-corrected chi connectivity index (χ2v) is 5.12. The summed E-state index contributed by atoms with van der Waals surface area (Å²) in [5.74, 6) is 0.275. The highest BCUT2D eigenvalue weighted by Gasteiger charge is 2.20. The summed E-state index contributed by atoms with van der Waals surface area (Å²) in [5.41, 5.74) is 0.211. The summed E-state index contributed by atoms with van der Waals surface area (Å²) >= 11 is 11.7. The molecule has 2 rings (SSSR count). The molecule has 1 N–H and O–H groups in total. The molecular formula is C14H11Cl2NO4. The lowest BCUT2D eigenvalue weighted by molar-refractivity contribution is -0.385. The molecule has 0 bridgehead atoms. The molecule has 0 aliphatic rings. The second-order valence-electron chi connectivity index (χ2n) is 4.31. The van der Waals surface area contributed by atoms with E-state index in [2.05, 4.69) is 0 Å². The standard InChI is InChI=1S/C14H11Cl2NO4/c1-8(18)9-4-2-3-5-13(9)21-14-7-11(16)10(15)6-12(14)17(19)20/h2-8,18H,1H3. The number of benzene rings is 2. The van der Waals surface area contributed by atoms with Crippen LogP contribution in [0.5, 0.6) is 11.5 Å². The Balaban J connectivity index is 2.49. The Hall–Kier alpha value is -1.82. The van der Waals surface area contributed by atoms with Crippen molar-refractivity contribution >= 4 is 28.9 Å². The number of nitro groups is 1. The summed E-state index contributed by atoms with van der Waals surface area (Å²) in [6, 6.07) is 9.12. The number of nitrogens with zero attached hydrogens (tertiary/aromatic N) is 1. The molecule has 0 spiro atoms. The Kier molecular flexibility index (Phi) is 4.67. The van der Waals surface area contributed by atoms with Gasteiger partial charge in [0, 0.05) is 17.7 Å². The van der Waals surface area contributed by atoms with Gasteiger partial charge in [-0.05, 0) is 13.0 Å². The lowest BCUT2D eigenvalue weighted by Crippen LogP contribution is -1.98. The molecule has 0 fully saturated rings. The molecule has 0 aliphatic heterocycles. The van der Waals surface area contributed by atoms with Crippen LogP contribution in [0.3, 0.4) is 0 Å². The average Bonchev–Trinajstić information content (AvgIpc) is 2.42. The molecule has 0 aliphatic carbocycles. The molecule has 5 nitrogen and oxygen atoms in total. The molecule has 0 saturated carbocycles. The van der Waals surface area contributed by atoms with Gasteiger partial charge < -0.3 is 9.84 Å². The fraction of sp³-hybridized carbons (Fsp3) is 0.143. The molecule has 1 unspecified atom stereocenters. The summed E-state index contributed by atoms with van der Waals surface area (Å²) in [5, 5.41) is 21.0. The van der Waals surface area contributed by atoms with Crippen LogP contribution in [0.2, 0.25) is 10.0 Å². The third-order valence-electron chi connectivity index (χ3n) is 2.79. The molecule has 0 heterocycles. The first-order valence-electron chi connectivity index (χ1n) is 5.98. The number of hydrogen-bond donors (Lipinski definition) is 1. The number of halogens is 2. The van der Waals surface area contributed by atoms with Crippen molar-refractivity contribution < 1.29 is 14.8 Å². The van der Waals surface area contributed by atoms with E-state index in [0.29, 0.717) is 11.3 Å². The van der Waals surface area contributed by atoms with E-state index in [0.717, 1.165) is 6.07 Å². The molecule has 21 heavy (non-hydrogen) atoms. The fourth-order valence-electron chi connectivity index (χ4n) is 1.78. The van der Waals surface area contributed by atoms with Gasteiger partial charge in [0.15, 0.2) is 0 Å². The number of rotatable bonds is 4. The predicted molar refractivity (Wildman–Crippen MR) is 80.3 cm³/mol. The molecule has 1 atom stereocenters. The van der Waals surface area contributed by atoms with Crippen molar-refractivity contribution in [2.75, 3.05) is 0 Å². The van der Waals surface area contributed by atoms with Crippen LogP contribution in [-0.4, -0.2) is 10.0 Å². The van der Waals surface area contributed by atoms with Crippen molar-refractivity contribution in [3.05, 3.63) is 62.1 Å². The maximum Gasteiger partial charge on any atom is 0.313 e. The van der Waals surface area contributed by atoms with Crippen LogP contribution in [0.1, 0.15) is 18.6 Å². The zero-order valence-electron chi connectivity index (χ0n) is 10.9. The predicted octanol–water partition coefficient (Wildman–Crippen LogP) is 4.75. The highest BCUT2D eigenvalue weighted by Crippen LogP contribution is 2.39. The van der Waals surface area contributed by atoms with Crippen molar-refractivity contribution in [1.82, 2.24) is 0 Å².